The Morgan fingerprint density at radius 3 is 2.79 bits per heavy atom. The number of nitrogens with two attached hydrogens (primary N) is 2. The molecular weight excluding hydrogens is 255 g/mol. The molecule has 1 heterocycles. The maximum Gasteiger partial charge on any atom is 0.132 e. The molecular formula is C15H21N2OP. The van der Waals surface area contributed by atoms with Crippen LogP contribution < -0.4 is 21.3 Å². The molecule has 0 saturated heterocycles. The van der Waals surface area contributed by atoms with Gasteiger partial charge in [0, 0.05) is 29.2 Å². The summed E-state index contributed by atoms with van der Waals surface area (Å²) in [6, 6.07) is 4.79. The Morgan fingerprint density at radius 1 is 1.32 bits per heavy atom. The largest absolute Gasteiger partial charge is 0.489 e. The van der Waals surface area contributed by atoms with Crippen LogP contribution in [0.2, 0.25) is 0 Å². The minimum Gasteiger partial charge on any atom is -0.489 e. The Bertz CT molecular complexity index is 529. The maximum atomic E-state index is 6.37. The van der Waals surface area contributed by atoms with Gasteiger partial charge in [-0.05, 0) is 52.0 Å². The second kappa shape index (κ2) is 4.18. The van der Waals surface area contributed by atoms with Crippen LogP contribution in [0.1, 0.15) is 36.3 Å². The molecule has 4 N–H and O–H groups in total. The van der Waals surface area contributed by atoms with Gasteiger partial charge in [0.15, 0.2) is 0 Å². The average molecular weight is 276 g/mol. The minimum absolute atomic E-state index is 0.299. The van der Waals surface area contributed by atoms with E-state index < -0.39 is 0 Å². The molecule has 5 unspecified atom stereocenters. The lowest BCUT2D eigenvalue weighted by atomic mass is 9.84. The highest BCUT2D eigenvalue weighted by Gasteiger charge is 2.53. The van der Waals surface area contributed by atoms with Crippen molar-refractivity contribution in [3.63, 3.8) is 0 Å². The van der Waals surface area contributed by atoms with E-state index in [9.17, 15) is 0 Å². The predicted octanol–water partition coefficient (Wildman–Crippen LogP) is 1.77. The second-order valence-electron chi connectivity index (χ2n) is 6.37. The van der Waals surface area contributed by atoms with Gasteiger partial charge in [0.1, 0.15) is 11.9 Å². The molecule has 102 valence electrons. The minimum atomic E-state index is 0.299. The van der Waals surface area contributed by atoms with E-state index in [1.165, 1.54) is 29.3 Å². The molecule has 1 aromatic carbocycles. The Balaban J connectivity index is 1.80. The Labute approximate surface area is 115 Å². The van der Waals surface area contributed by atoms with E-state index in [4.69, 9.17) is 16.0 Å². The standard InChI is InChI=1S/C15H21N2OP/c1-7-4-9-14-11(18-15(9)12(5-7)19-17)6-10(16)13(14)8-2-3-8/h4-5,8,10-11,13-14,19H,2-3,6,16-17H2,1H3. The molecule has 0 amide bonds. The highest BCUT2D eigenvalue weighted by molar-refractivity contribution is 7.44. The first-order valence-electron chi connectivity index (χ1n) is 7.22. The van der Waals surface area contributed by atoms with Gasteiger partial charge < -0.3 is 16.0 Å². The van der Waals surface area contributed by atoms with E-state index in [0.29, 0.717) is 32.7 Å². The summed E-state index contributed by atoms with van der Waals surface area (Å²) in [5.74, 6) is 3.07. The number of hydrogen-bond acceptors (Lipinski definition) is 3. The number of fused-ring (bicyclic) bond motifs is 3. The zero-order valence-electron chi connectivity index (χ0n) is 11.2. The predicted molar refractivity (Wildman–Crippen MR) is 79.3 cm³/mol. The van der Waals surface area contributed by atoms with Crippen molar-refractivity contribution in [3.8, 4) is 5.75 Å². The molecule has 2 fully saturated rings. The zero-order valence-corrected chi connectivity index (χ0v) is 12.2. The lowest BCUT2D eigenvalue weighted by molar-refractivity contribution is 0.216. The van der Waals surface area contributed by atoms with Crippen molar-refractivity contribution < 1.29 is 4.74 Å². The number of benzene rings is 1. The fraction of sp³-hybridized carbons (Fsp3) is 0.600. The first-order valence-corrected chi connectivity index (χ1v) is 8.30. The molecule has 0 bridgehead atoms. The second-order valence-corrected chi connectivity index (χ2v) is 7.20. The normalized spacial score (nSPS) is 36.6. The van der Waals surface area contributed by atoms with Gasteiger partial charge in [-0.2, -0.15) is 0 Å². The van der Waals surface area contributed by atoms with Crippen LogP contribution in [0.3, 0.4) is 0 Å². The van der Waals surface area contributed by atoms with Crippen molar-refractivity contribution >= 4 is 14.0 Å². The van der Waals surface area contributed by atoms with Crippen molar-refractivity contribution in [3.05, 3.63) is 23.3 Å². The topological polar surface area (TPSA) is 61.3 Å². The molecule has 3 aliphatic rings. The van der Waals surface area contributed by atoms with Crippen LogP contribution in [-0.4, -0.2) is 12.1 Å². The van der Waals surface area contributed by atoms with Crippen LogP contribution in [0, 0.1) is 18.8 Å². The molecule has 1 aliphatic heterocycles. The number of hydrogen-bond donors (Lipinski definition) is 2. The van der Waals surface area contributed by atoms with Crippen molar-refractivity contribution in [2.45, 2.75) is 44.2 Å². The summed E-state index contributed by atoms with van der Waals surface area (Å²) >= 11 is 0. The van der Waals surface area contributed by atoms with E-state index in [-0.39, 0.29) is 0 Å². The molecule has 0 radical (unpaired) electrons. The molecule has 19 heavy (non-hydrogen) atoms. The van der Waals surface area contributed by atoms with Gasteiger partial charge in [-0.15, -0.1) is 0 Å². The first kappa shape index (κ1) is 12.1. The maximum absolute atomic E-state index is 6.37. The summed E-state index contributed by atoms with van der Waals surface area (Å²) in [6.07, 6.45) is 4.02. The third-order valence-corrected chi connectivity index (χ3v) is 5.71. The van der Waals surface area contributed by atoms with Crippen molar-refractivity contribution in [1.29, 1.82) is 0 Å². The fourth-order valence-electron chi connectivity index (χ4n) is 4.18. The summed E-state index contributed by atoms with van der Waals surface area (Å²) in [7, 11) is 0.313. The highest BCUT2D eigenvalue weighted by atomic mass is 31.1. The number of aryl methyl sites for hydroxylation is 1. The molecule has 5 atom stereocenters. The Morgan fingerprint density at radius 2 is 2.11 bits per heavy atom. The SMILES string of the molecule is Cc1cc(PN)c2c(c1)C1C(CC(N)C1C1CC1)O2. The van der Waals surface area contributed by atoms with E-state index in [0.717, 1.165) is 18.1 Å². The molecule has 2 saturated carbocycles. The van der Waals surface area contributed by atoms with E-state index in [2.05, 4.69) is 19.1 Å². The molecule has 1 aromatic rings. The quantitative estimate of drug-likeness (QED) is 0.809. The van der Waals surface area contributed by atoms with Gasteiger partial charge in [-0.3, -0.25) is 0 Å². The third-order valence-electron chi connectivity index (χ3n) is 5.03. The Kier molecular flexibility index (Phi) is 2.67. The average Bonchev–Trinajstić information content (AvgIpc) is 3.07. The highest BCUT2D eigenvalue weighted by Crippen LogP contribution is 2.56. The molecule has 0 spiro atoms. The molecule has 4 heteroatoms. The molecule has 3 nitrogen and oxygen atoms in total. The third kappa shape index (κ3) is 1.75. The Hall–Kier alpha value is -0.630. The van der Waals surface area contributed by atoms with Crippen LogP contribution in [0.25, 0.3) is 0 Å². The van der Waals surface area contributed by atoms with Gasteiger partial charge in [0.2, 0.25) is 0 Å². The monoisotopic (exact) mass is 276 g/mol. The van der Waals surface area contributed by atoms with E-state index >= 15 is 0 Å². The van der Waals surface area contributed by atoms with Crippen LogP contribution in [0.15, 0.2) is 12.1 Å². The van der Waals surface area contributed by atoms with Crippen molar-refractivity contribution in [2.24, 2.45) is 23.1 Å². The lowest BCUT2D eigenvalue weighted by Crippen LogP contribution is -2.28. The van der Waals surface area contributed by atoms with Gasteiger partial charge in [0.25, 0.3) is 0 Å². The number of ether oxygens (including phenoxy) is 1. The fourth-order valence-corrected chi connectivity index (χ4v) is 4.82. The van der Waals surface area contributed by atoms with Crippen LogP contribution >= 0.6 is 8.73 Å². The van der Waals surface area contributed by atoms with Crippen LogP contribution in [0.5, 0.6) is 5.75 Å². The zero-order chi connectivity index (χ0) is 13.1. The smallest absolute Gasteiger partial charge is 0.132 e. The van der Waals surface area contributed by atoms with E-state index in [1.54, 1.807) is 0 Å². The van der Waals surface area contributed by atoms with Gasteiger partial charge >= 0.3 is 0 Å². The molecule has 4 rings (SSSR count). The first-order chi connectivity index (χ1) is 9.19. The summed E-state index contributed by atoms with van der Waals surface area (Å²) in [4.78, 5) is 0. The van der Waals surface area contributed by atoms with Crippen LogP contribution in [0.4, 0.5) is 0 Å². The lowest BCUT2D eigenvalue weighted by Gasteiger charge is -2.21. The summed E-state index contributed by atoms with van der Waals surface area (Å²) in [6.45, 7) is 2.15. The van der Waals surface area contributed by atoms with Gasteiger partial charge in [0.05, 0.1) is 0 Å². The number of rotatable bonds is 2. The summed E-state index contributed by atoms with van der Waals surface area (Å²) in [5.41, 5.74) is 15.0. The van der Waals surface area contributed by atoms with E-state index in [1.807, 2.05) is 0 Å². The van der Waals surface area contributed by atoms with Gasteiger partial charge in [-0.1, -0.05) is 6.07 Å². The van der Waals surface area contributed by atoms with Crippen molar-refractivity contribution in [1.82, 2.24) is 0 Å². The molecule has 0 aromatic heterocycles. The molecule has 2 aliphatic carbocycles. The summed E-state index contributed by atoms with van der Waals surface area (Å²) < 4.78 is 6.23. The van der Waals surface area contributed by atoms with Crippen LogP contribution in [-0.2, 0) is 0 Å². The van der Waals surface area contributed by atoms with Crippen molar-refractivity contribution in [2.75, 3.05) is 0 Å². The summed E-state index contributed by atoms with van der Waals surface area (Å²) in [5, 5.41) is 1.19. The van der Waals surface area contributed by atoms with Gasteiger partial charge in [-0.25, -0.2) is 0 Å².